The lowest BCUT2D eigenvalue weighted by Gasteiger charge is -2.16. The number of aryl methyl sites for hydroxylation is 2. The molecule has 4 aromatic carbocycles. The minimum Gasteiger partial charge on any atom is -0.478 e. The number of carbonyl (C=O) groups excluding carboxylic acids is 2. The molecule has 0 radical (unpaired) electrons. The van der Waals surface area contributed by atoms with Crippen molar-refractivity contribution >= 4 is 51.7 Å². The molecule has 37 heavy (non-hydrogen) atoms. The molecular formula is C30H28N2O4S. The van der Waals surface area contributed by atoms with Crippen molar-refractivity contribution < 1.29 is 19.5 Å². The fourth-order valence-electron chi connectivity index (χ4n) is 4.08. The largest absolute Gasteiger partial charge is 0.478 e. The van der Waals surface area contributed by atoms with E-state index in [0.29, 0.717) is 22.9 Å². The normalized spacial score (nSPS) is 11.6. The highest BCUT2D eigenvalue weighted by Gasteiger charge is 2.20. The van der Waals surface area contributed by atoms with Crippen LogP contribution in [0.25, 0.3) is 10.8 Å². The molecule has 0 aliphatic carbocycles. The van der Waals surface area contributed by atoms with E-state index in [1.807, 2.05) is 57.2 Å². The van der Waals surface area contributed by atoms with Crippen molar-refractivity contribution in [2.24, 2.45) is 0 Å². The van der Waals surface area contributed by atoms with E-state index >= 15 is 0 Å². The summed E-state index contributed by atoms with van der Waals surface area (Å²) in [6.07, 6.45) is 0.631. The Hall–Kier alpha value is -4.10. The van der Waals surface area contributed by atoms with Crippen LogP contribution in [0.2, 0.25) is 0 Å². The highest BCUT2D eigenvalue weighted by Crippen LogP contribution is 2.30. The molecule has 3 N–H and O–H groups in total. The molecule has 2 amide bonds. The average molecular weight is 513 g/mol. The number of hydrogen-bond donors (Lipinski definition) is 3. The van der Waals surface area contributed by atoms with Gasteiger partial charge in [-0.2, -0.15) is 0 Å². The van der Waals surface area contributed by atoms with E-state index in [1.165, 1.54) is 23.4 Å². The first-order valence-corrected chi connectivity index (χ1v) is 12.9. The third kappa shape index (κ3) is 6.01. The first-order valence-electron chi connectivity index (χ1n) is 12.0. The van der Waals surface area contributed by atoms with Crippen molar-refractivity contribution in [3.8, 4) is 0 Å². The van der Waals surface area contributed by atoms with Crippen molar-refractivity contribution in [3.63, 3.8) is 0 Å². The number of anilines is 2. The summed E-state index contributed by atoms with van der Waals surface area (Å²) in [5, 5.41) is 16.3. The third-order valence-corrected chi connectivity index (χ3v) is 7.55. The lowest BCUT2D eigenvalue weighted by atomic mass is 9.98. The van der Waals surface area contributed by atoms with Crippen LogP contribution in [-0.4, -0.2) is 28.1 Å². The van der Waals surface area contributed by atoms with Crippen LogP contribution >= 0.6 is 11.8 Å². The van der Waals surface area contributed by atoms with Crippen molar-refractivity contribution in [2.75, 3.05) is 10.6 Å². The van der Waals surface area contributed by atoms with E-state index in [9.17, 15) is 19.5 Å². The van der Waals surface area contributed by atoms with E-state index in [1.54, 1.807) is 36.4 Å². The minimum atomic E-state index is -1.09. The van der Waals surface area contributed by atoms with E-state index in [-0.39, 0.29) is 22.3 Å². The summed E-state index contributed by atoms with van der Waals surface area (Å²) >= 11 is 1.43. The van der Waals surface area contributed by atoms with Gasteiger partial charge in [0.25, 0.3) is 5.91 Å². The molecule has 4 rings (SSSR count). The number of benzene rings is 4. The van der Waals surface area contributed by atoms with Crippen LogP contribution in [0.3, 0.4) is 0 Å². The summed E-state index contributed by atoms with van der Waals surface area (Å²) in [5.41, 5.74) is 3.97. The summed E-state index contributed by atoms with van der Waals surface area (Å²) in [6, 6.07) is 23.2. The van der Waals surface area contributed by atoms with Crippen molar-refractivity contribution in [3.05, 3.63) is 101 Å². The number of thioether (sulfide) groups is 1. The van der Waals surface area contributed by atoms with Gasteiger partial charge in [-0.25, -0.2) is 4.79 Å². The molecule has 0 aliphatic rings. The zero-order valence-corrected chi connectivity index (χ0v) is 21.7. The molecule has 0 spiro atoms. The zero-order valence-electron chi connectivity index (χ0n) is 20.9. The molecule has 188 valence electrons. The SMILES string of the molecule is CCC(Sc1cccc(NC(=O)c2cccc3cccc(C(=O)O)c23)c1)C(=O)Nc1ccc(C)c(C)c1. The molecule has 0 heterocycles. The van der Waals surface area contributed by atoms with Gasteiger partial charge in [-0.15, -0.1) is 11.8 Å². The number of carbonyl (C=O) groups is 3. The van der Waals surface area contributed by atoms with Gasteiger partial charge in [0.15, 0.2) is 0 Å². The van der Waals surface area contributed by atoms with E-state index < -0.39 is 11.9 Å². The second kappa shape index (κ2) is 11.3. The number of carboxylic acids is 1. The van der Waals surface area contributed by atoms with Gasteiger partial charge in [-0.3, -0.25) is 9.59 Å². The number of nitrogens with one attached hydrogen (secondary N) is 2. The Bertz CT molecular complexity index is 1490. The highest BCUT2D eigenvalue weighted by molar-refractivity contribution is 8.00. The number of aromatic carboxylic acids is 1. The van der Waals surface area contributed by atoms with Gasteiger partial charge in [-0.1, -0.05) is 43.3 Å². The summed E-state index contributed by atoms with van der Waals surface area (Å²) in [4.78, 5) is 38.7. The molecule has 7 heteroatoms. The fraction of sp³-hybridized carbons (Fsp3) is 0.167. The standard InChI is InChI=1S/C30H28N2O4S/c1-4-26(29(34)32-22-15-14-18(2)19(3)16-22)37-23-11-7-10-21(17-23)31-28(33)24-12-5-8-20-9-6-13-25(27(20)24)30(35)36/h5-17,26H,4H2,1-3H3,(H,31,33)(H,32,34)(H,35,36). The first kappa shape index (κ1) is 26.0. The van der Waals surface area contributed by atoms with Crippen molar-refractivity contribution in [1.29, 1.82) is 0 Å². The average Bonchev–Trinajstić information content (AvgIpc) is 2.88. The van der Waals surface area contributed by atoms with Gasteiger partial charge in [0.1, 0.15) is 0 Å². The molecule has 0 saturated heterocycles. The molecular weight excluding hydrogens is 484 g/mol. The second-order valence-corrected chi connectivity index (χ2v) is 10.1. The summed E-state index contributed by atoms with van der Waals surface area (Å²) in [7, 11) is 0. The van der Waals surface area contributed by atoms with Crippen molar-refractivity contribution in [1.82, 2.24) is 0 Å². The van der Waals surface area contributed by atoms with Crippen LogP contribution in [0.15, 0.2) is 83.8 Å². The van der Waals surface area contributed by atoms with Gasteiger partial charge in [-0.05, 0) is 79.2 Å². The lowest BCUT2D eigenvalue weighted by molar-refractivity contribution is -0.115. The number of rotatable bonds is 8. The second-order valence-electron chi connectivity index (χ2n) is 8.80. The van der Waals surface area contributed by atoms with Crippen LogP contribution in [-0.2, 0) is 4.79 Å². The maximum Gasteiger partial charge on any atom is 0.336 e. The van der Waals surface area contributed by atoms with E-state index in [0.717, 1.165) is 16.1 Å². The Labute approximate surface area is 220 Å². The molecule has 6 nitrogen and oxygen atoms in total. The molecule has 1 unspecified atom stereocenters. The van der Waals surface area contributed by atoms with Crippen LogP contribution in [0.4, 0.5) is 11.4 Å². The topological polar surface area (TPSA) is 95.5 Å². The predicted octanol–water partition coefficient (Wildman–Crippen LogP) is 6.92. The molecule has 0 bridgehead atoms. The minimum absolute atomic E-state index is 0.0770. The third-order valence-electron chi connectivity index (χ3n) is 6.19. The summed E-state index contributed by atoms with van der Waals surface area (Å²) in [6.45, 7) is 6.00. The van der Waals surface area contributed by atoms with Gasteiger partial charge in [0.2, 0.25) is 5.91 Å². The quantitative estimate of drug-likeness (QED) is 0.223. The molecule has 0 aliphatic heterocycles. The predicted molar refractivity (Wildman–Crippen MR) is 150 cm³/mol. The van der Waals surface area contributed by atoms with Crippen molar-refractivity contribution in [2.45, 2.75) is 37.3 Å². The highest BCUT2D eigenvalue weighted by atomic mass is 32.2. The number of fused-ring (bicyclic) bond motifs is 1. The fourth-order valence-corrected chi connectivity index (χ4v) is 5.10. The molecule has 0 aromatic heterocycles. The smallest absolute Gasteiger partial charge is 0.336 e. The monoisotopic (exact) mass is 512 g/mol. The maximum atomic E-state index is 13.2. The molecule has 0 fully saturated rings. The zero-order chi connectivity index (χ0) is 26.5. The van der Waals surface area contributed by atoms with Crippen LogP contribution in [0.1, 0.15) is 45.2 Å². The Morgan fingerprint density at radius 1 is 0.811 bits per heavy atom. The lowest BCUT2D eigenvalue weighted by Crippen LogP contribution is -2.24. The Morgan fingerprint density at radius 3 is 2.16 bits per heavy atom. The number of carboxylic acid groups (broad SMARTS) is 1. The molecule has 1 atom stereocenters. The molecule has 0 saturated carbocycles. The first-order chi connectivity index (χ1) is 17.8. The number of amides is 2. The Balaban J connectivity index is 1.51. The van der Waals surface area contributed by atoms with Crippen LogP contribution in [0, 0.1) is 13.8 Å². The van der Waals surface area contributed by atoms with Crippen LogP contribution < -0.4 is 10.6 Å². The van der Waals surface area contributed by atoms with Gasteiger partial charge >= 0.3 is 5.97 Å². The van der Waals surface area contributed by atoms with E-state index in [4.69, 9.17) is 0 Å². The maximum absolute atomic E-state index is 13.2. The Morgan fingerprint density at radius 2 is 1.49 bits per heavy atom. The van der Waals surface area contributed by atoms with E-state index in [2.05, 4.69) is 10.6 Å². The van der Waals surface area contributed by atoms with Crippen LogP contribution in [0.5, 0.6) is 0 Å². The van der Waals surface area contributed by atoms with Gasteiger partial charge in [0.05, 0.1) is 10.8 Å². The van der Waals surface area contributed by atoms with Gasteiger partial charge in [0, 0.05) is 27.2 Å². The summed E-state index contributed by atoms with van der Waals surface area (Å²) in [5.74, 6) is -1.57. The Kier molecular flexibility index (Phi) is 7.94. The molecule has 4 aromatic rings. The van der Waals surface area contributed by atoms with Gasteiger partial charge < -0.3 is 15.7 Å². The summed E-state index contributed by atoms with van der Waals surface area (Å²) < 4.78 is 0. The number of hydrogen-bond acceptors (Lipinski definition) is 4.